The quantitative estimate of drug-likeness (QED) is 0.469. The number of nitrogens with zero attached hydrogens (tertiary/aromatic N) is 3. The maximum atomic E-state index is 12.5. The fraction of sp³-hybridized carbons (Fsp3) is 0.136. The lowest BCUT2D eigenvalue weighted by molar-refractivity contribution is -0.122. The van der Waals surface area contributed by atoms with Crippen molar-refractivity contribution >= 4 is 38.6 Å². The van der Waals surface area contributed by atoms with Gasteiger partial charge in [-0.05, 0) is 56.3 Å². The fourth-order valence-electron chi connectivity index (χ4n) is 2.98. The van der Waals surface area contributed by atoms with Crippen molar-refractivity contribution in [2.24, 2.45) is 0 Å². The predicted molar refractivity (Wildman–Crippen MR) is 116 cm³/mol. The van der Waals surface area contributed by atoms with Crippen molar-refractivity contribution in [2.75, 3.05) is 5.32 Å². The van der Waals surface area contributed by atoms with E-state index < -0.39 is 6.10 Å². The predicted octanol–water partition coefficient (Wildman–Crippen LogP) is 4.90. The Morgan fingerprint density at radius 1 is 1.14 bits per heavy atom. The van der Waals surface area contributed by atoms with Crippen LogP contribution in [-0.2, 0) is 4.79 Å². The van der Waals surface area contributed by atoms with Gasteiger partial charge in [-0.2, -0.15) is 5.10 Å². The Morgan fingerprint density at radius 2 is 1.86 bits per heavy atom. The van der Waals surface area contributed by atoms with Crippen LogP contribution >= 0.6 is 15.9 Å². The number of rotatable bonds is 5. The molecule has 1 unspecified atom stereocenters. The van der Waals surface area contributed by atoms with E-state index in [-0.39, 0.29) is 5.91 Å². The number of aromatic nitrogens is 3. The summed E-state index contributed by atoms with van der Waals surface area (Å²) in [7, 11) is 0. The number of para-hydroxylation sites is 1. The zero-order valence-electron chi connectivity index (χ0n) is 16.0. The van der Waals surface area contributed by atoms with Crippen molar-refractivity contribution in [3.8, 4) is 11.4 Å². The maximum Gasteiger partial charge on any atom is 0.265 e. The number of ether oxygens (including phenoxy) is 1. The minimum atomic E-state index is -0.653. The van der Waals surface area contributed by atoms with Crippen molar-refractivity contribution in [3.63, 3.8) is 0 Å². The summed E-state index contributed by atoms with van der Waals surface area (Å²) >= 11 is 3.38. The van der Waals surface area contributed by atoms with Crippen LogP contribution in [-0.4, -0.2) is 26.8 Å². The first-order chi connectivity index (χ1) is 14.0. The highest BCUT2D eigenvalue weighted by atomic mass is 79.9. The molecule has 0 radical (unpaired) electrons. The zero-order valence-corrected chi connectivity index (χ0v) is 17.6. The summed E-state index contributed by atoms with van der Waals surface area (Å²) in [5, 5.41) is 8.34. The highest BCUT2D eigenvalue weighted by Gasteiger charge is 2.17. The second kappa shape index (κ2) is 8.05. The maximum absolute atomic E-state index is 12.5. The molecule has 0 fully saturated rings. The summed E-state index contributed by atoms with van der Waals surface area (Å²) in [6.07, 6.45) is 0.979. The first-order valence-electron chi connectivity index (χ1n) is 9.15. The van der Waals surface area contributed by atoms with E-state index >= 15 is 0 Å². The van der Waals surface area contributed by atoms with Crippen molar-refractivity contribution < 1.29 is 9.53 Å². The molecule has 2 heterocycles. The number of amides is 1. The van der Waals surface area contributed by atoms with E-state index in [1.54, 1.807) is 17.8 Å². The fourth-order valence-corrected chi connectivity index (χ4v) is 3.24. The van der Waals surface area contributed by atoms with E-state index in [9.17, 15) is 4.79 Å². The van der Waals surface area contributed by atoms with E-state index in [1.165, 1.54) is 0 Å². The Balaban J connectivity index is 1.53. The SMILES string of the molecule is Cc1nn(-c2ccccc2)c2ncc(NC(=O)C(C)Oc3ccc(Br)cc3)cc12. The molecule has 0 saturated heterocycles. The van der Waals surface area contributed by atoms with E-state index in [1.807, 2.05) is 67.6 Å². The number of hydrogen-bond donors (Lipinski definition) is 1. The normalized spacial score (nSPS) is 12.0. The van der Waals surface area contributed by atoms with Crippen LogP contribution in [0.4, 0.5) is 5.69 Å². The van der Waals surface area contributed by atoms with Gasteiger partial charge in [0.05, 0.1) is 23.3 Å². The molecule has 0 spiro atoms. The van der Waals surface area contributed by atoms with E-state index in [4.69, 9.17) is 4.74 Å². The summed E-state index contributed by atoms with van der Waals surface area (Å²) < 4.78 is 8.46. The molecule has 0 aliphatic heterocycles. The van der Waals surface area contributed by atoms with Crippen LogP contribution < -0.4 is 10.1 Å². The van der Waals surface area contributed by atoms with Gasteiger partial charge in [0, 0.05) is 9.86 Å². The molecule has 7 heteroatoms. The number of anilines is 1. The molecule has 6 nitrogen and oxygen atoms in total. The number of carbonyl (C=O) groups is 1. The lowest BCUT2D eigenvalue weighted by Gasteiger charge is -2.14. The minimum absolute atomic E-state index is 0.248. The van der Waals surface area contributed by atoms with Gasteiger partial charge in [0.15, 0.2) is 11.8 Å². The Hall–Kier alpha value is -3.19. The topological polar surface area (TPSA) is 69.0 Å². The summed E-state index contributed by atoms with van der Waals surface area (Å²) in [6.45, 7) is 3.64. The summed E-state index contributed by atoms with van der Waals surface area (Å²) in [5.41, 5.74) is 3.12. The van der Waals surface area contributed by atoms with Crippen LogP contribution in [0, 0.1) is 6.92 Å². The van der Waals surface area contributed by atoms with Crippen LogP contribution in [0.2, 0.25) is 0 Å². The summed E-state index contributed by atoms with van der Waals surface area (Å²) in [5.74, 6) is 0.381. The average molecular weight is 451 g/mol. The van der Waals surface area contributed by atoms with Crippen LogP contribution in [0.15, 0.2) is 71.3 Å². The molecule has 4 aromatic rings. The van der Waals surface area contributed by atoms with Gasteiger partial charge in [-0.1, -0.05) is 34.1 Å². The number of halogens is 1. The van der Waals surface area contributed by atoms with Gasteiger partial charge in [-0.15, -0.1) is 0 Å². The molecule has 146 valence electrons. The number of nitrogens with one attached hydrogen (secondary N) is 1. The third kappa shape index (κ3) is 4.14. The Bertz CT molecular complexity index is 1160. The third-order valence-electron chi connectivity index (χ3n) is 4.47. The van der Waals surface area contributed by atoms with Crippen molar-refractivity contribution in [2.45, 2.75) is 20.0 Å². The number of aryl methyl sites for hydroxylation is 1. The lowest BCUT2D eigenvalue weighted by atomic mass is 10.2. The molecular formula is C22H19BrN4O2. The van der Waals surface area contributed by atoms with Crippen LogP contribution in [0.1, 0.15) is 12.6 Å². The van der Waals surface area contributed by atoms with Crippen LogP contribution in [0.5, 0.6) is 5.75 Å². The van der Waals surface area contributed by atoms with Gasteiger partial charge in [0.2, 0.25) is 0 Å². The van der Waals surface area contributed by atoms with Gasteiger partial charge in [0.25, 0.3) is 5.91 Å². The number of hydrogen-bond acceptors (Lipinski definition) is 4. The molecule has 1 amide bonds. The highest BCUT2D eigenvalue weighted by Crippen LogP contribution is 2.23. The van der Waals surface area contributed by atoms with Gasteiger partial charge >= 0.3 is 0 Å². The summed E-state index contributed by atoms with van der Waals surface area (Å²) in [6, 6.07) is 19.1. The van der Waals surface area contributed by atoms with Crippen LogP contribution in [0.3, 0.4) is 0 Å². The van der Waals surface area contributed by atoms with Gasteiger partial charge < -0.3 is 10.1 Å². The molecule has 2 aromatic carbocycles. The molecular weight excluding hydrogens is 432 g/mol. The van der Waals surface area contributed by atoms with E-state index in [0.29, 0.717) is 11.4 Å². The molecule has 1 N–H and O–H groups in total. The largest absolute Gasteiger partial charge is 0.481 e. The molecule has 29 heavy (non-hydrogen) atoms. The highest BCUT2D eigenvalue weighted by molar-refractivity contribution is 9.10. The van der Waals surface area contributed by atoms with E-state index in [0.717, 1.165) is 26.9 Å². The molecule has 0 bridgehead atoms. The lowest BCUT2D eigenvalue weighted by Crippen LogP contribution is -2.30. The Labute approximate surface area is 176 Å². The van der Waals surface area contributed by atoms with Crippen molar-refractivity contribution in [1.82, 2.24) is 14.8 Å². The average Bonchev–Trinajstić information content (AvgIpc) is 3.06. The van der Waals surface area contributed by atoms with Gasteiger partial charge in [-0.25, -0.2) is 9.67 Å². The number of fused-ring (bicyclic) bond motifs is 1. The number of benzene rings is 2. The first kappa shape index (κ1) is 19.1. The smallest absolute Gasteiger partial charge is 0.265 e. The standard InChI is InChI=1S/C22H19BrN4O2/c1-14-20-12-17(13-24-21(20)27(26-14)18-6-4-3-5-7-18)25-22(28)15(2)29-19-10-8-16(23)9-11-19/h3-13,15H,1-2H3,(H,25,28). The Kier molecular flexibility index (Phi) is 5.31. The van der Waals surface area contributed by atoms with Crippen molar-refractivity contribution in [1.29, 1.82) is 0 Å². The molecule has 0 saturated carbocycles. The van der Waals surface area contributed by atoms with Gasteiger partial charge in [0.1, 0.15) is 5.75 Å². The summed E-state index contributed by atoms with van der Waals surface area (Å²) in [4.78, 5) is 17.1. The zero-order chi connectivity index (χ0) is 20.4. The monoisotopic (exact) mass is 450 g/mol. The molecule has 2 aromatic heterocycles. The number of pyridine rings is 1. The molecule has 4 rings (SSSR count). The second-order valence-corrected chi connectivity index (χ2v) is 7.55. The minimum Gasteiger partial charge on any atom is -0.481 e. The molecule has 0 aliphatic rings. The first-order valence-corrected chi connectivity index (χ1v) is 9.94. The number of carbonyl (C=O) groups excluding carboxylic acids is 1. The van der Waals surface area contributed by atoms with Crippen molar-refractivity contribution in [3.05, 3.63) is 77.0 Å². The second-order valence-electron chi connectivity index (χ2n) is 6.63. The van der Waals surface area contributed by atoms with E-state index in [2.05, 4.69) is 31.3 Å². The molecule has 0 aliphatic carbocycles. The third-order valence-corrected chi connectivity index (χ3v) is 5.00. The van der Waals surface area contributed by atoms with Gasteiger partial charge in [-0.3, -0.25) is 4.79 Å². The van der Waals surface area contributed by atoms with Crippen LogP contribution in [0.25, 0.3) is 16.7 Å². The molecule has 1 atom stereocenters. The Morgan fingerprint density at radius 3 is 2.59 bits per heavy atom.